The van der Waals surface area contributed by atoms with E-state index in [1.165, 1.54) is 21.8 Å². The molecule has 158 valence electrons. The average molecular weight is 467 g/mol. The summed E-state index contributed by atoms with van der Waals surface area (Å²) in [5, 5.41) is 1.40. The van der Waals surface area contributed by atoms with Gasteiger partial charge in [0.15, 0.2) is 5.13 Å². The van der Waals surface area contributed by atoms with Crippen LogP contribution in [0.25, 0.3) is 10.2 Å². The summed E-state index contributed by atoms with van der Waals surface area (Å²) in [6, 6.07) is 24.2. The van der Waals surface area contributed by atoms with Gasteiger partial charge in [-0.3, -0.25) is 9.69 Å². The summed E-state index contributed by atoms with van der Waals surface area (Å²) in [4.78, 5) is 21.0. The van der Waals surface area contributed by atoms with Crippen molar-refractivity contribution in [3.63, 3.8) is 0 Å². The number of aryl methyl sites for hydroxylation is 1. The van der Waals surface area contributed by atoms with Gasteiger partial charge in [0.25, 0.3) is 0 Å². The van der Waals surface area contributed by atoms with E-state index in [0.29, 0.717) is 18.0 Å². The molecule has 0 saturated carbocycles. The van der Waals surface area contributed by atoms with Crippen LogP contribution in [-0.2, 0) is 11.3 Å². The fourth-order valence-electron chi connectivity index (χ4n) is 3.21. The van der Waals surface area contributed by atoms with Crippen LogP contribution in [0.1, 0.15) is 24.0 Å². The zero-order valence-corrected chi connectivity index (χ0v) is 19.6. The quantitative estimate of drug-likeness (QED) is 0.201. The van der Waals surface area contributed by atoms with E-state index in [4.69, 9.17) is 16.6 Å². The minimum atomic E-state index is 0.0958. The fraction of sp³-hybridized carbons (Fsp3) is 0.200. The molecule has 3 nitrogen and oxygen atoms in total. The minimum Gasteiger partial charge on any atom is -0.284 e. The molecule has 0 aliphatic carbocycles. The van der Waals surface area contributed by atoms with E-state index in [2.05, 4.69) is 31.2 Å². The number of rotatable bonds is 8. The maximum absolute atomic E-state index is 13.2. The molecule has 3 aromatic carbocycles. The van der Waals surface area contributed by atoms with E-state index < -0.39 is 0 Å². The standard InChI is InChI=1S/C25H23ClN2OS2/c1-18-9-12-21(13-10-18)30-15-5-8-24(29)28(17-19-6-3-2-4-7-19)25-27-22-14-11-20(26)16-23(22)31-25/h2-4,6-7,9-14,16H,5,8,15,17H2,1H3. The van der Waals surface area contributed by atoms with Crippen LogP contribution < -0.4 is 4.90 Å². The summed E-state index contributed by atoms with van der Waals surface area (Å²) in [6.07, 6.45) is 1.31. The molecule has 0 unspecified atom stereocenters. The zero-order chi connectivity index (χ0) is 21.6. The highest BCUT2D eigenvalue weighted by atomic mass is 35.5. The number of fused-ring (bicyclic) bond motifs is 1. The minimum absolute atomic E-state index is 0.0958. The Morgan fingerprint density at radius 2 is 1.84 bits per heavy atom. The lowest BCUT2D eigenvalue weighted by Crippen LogP contribution is -2.30. The van der Waals surface area contributed by atoms with Crippen LogP contribution in [0, 0.1) is 6.92 Å². The Balaban J connectivity index is 1.46. The summed E-state index contributed by atoms with van der Waals surface area (Å²) in [5.74, 6) is 1.00. The number of hydrogen-bond donors (Lipinski definition) is 0. The first kappa shape index (κ1) is 21.9. The van der Waals surface area contributed by atoms with Gasteiger partial charge in [-0.1, -0.05) is 71.0 Å². The molecule has 0 saturated heterocycles. The maximum atomic E-state index is 13.2. The molecule has 6 heteroatoms. The van der Waals surface area contributed by atoms with Crippen molar-refractivity contribution in [2.24, 2.45) is 0 Å². The zero-order valence-electron chi connectivity index (χ0n) is 17.3. The smallest absolute Gasteiger partial charge is 0.229 e. The first-order chi connectivity index (χ1) is 15.1. The first-order valence-electron chi connectivity index (χ1n) is 10.2. The van der Waals surface area contributed by atoms with E-state index in [9.17, 15) is 4.79 Å². The number of thioether (sulfide) groups is 1. The van der Waals surface area contributed by atoms with Gasteiger partial charge in [0.2, 0.25) is 5.91 Å². The number of amides is 1. The lowest BCUT2D eigenvalue weighted by atomic mass is 10.2. The van der Waals surface area contributed by atoms with E-state index in [1.807, 2.05) is 53.4 Å². The summed E-state index contributed by atoms with van der Waals surface area (Å²) < 4.78 is 0.989. The lowest BCUT2D eigenvalue weighted by molar-refractivity contribution is -0.118. The van der Waals surface area contributed by atoms with Gasteiger partial charge in [0.05, 0.1) is 16.8 Å². The highest BCUT2D eigenvalue weighted by Crippen LogP contribution is 2.32. The lowest BCUT2D eigenvalue weighted by Gasteiger charge is -2.20. The molecular formula is C25H23ClN2OS2. The second-order valence-corrected chi connectivity index (χ2v) is 9.95. The molecule has 0 N–H and O–H groups in total. The van der Waals surface area contributed by atoms with E-state index in [-0.39, 0.29) is 5.91 Å². The first-order valence-corrected chi connectivity index (χ1v) is 12.4. The molecule has 0 radical (unpaired) electrons. The van der Waals surface area contributed by atoms with Crippen LogP contribution in [0.4, 0.5) is 5.13 Å². The summed E-state index contributed by atoms with van der Waals surface area (Å²) >= 11 is 9.44. The number of carbonyl (C=O) groups is 1. The van der Waals surface area contributed by atoms with Gasteiger partial charge in [0, 0.05) is 16.3 Å². The summed E-state index contributed by atoms with van der Waals surface area (Å²) in [6.45, 7) is 2.60. The Morgan fingerprint density at radius 1 is 1.06 bits per heavy atom. The predicted molar refractivity (Wildman–Crippen MR) is 133 cm³/mol. The van der Waals surface area contributed by atoms with E-state index in [1.54, 1.807) is 11.8 Å². The normalized spacial score (nSPS) is 11.0. The number of hydrogen-bond acceptors (Lipinski definition) is 4. The average Bonchev–Trinajstić information content (AvgIpc) is 3.19. The molecule has 4 rings (SSSR count). The number of aromatic nitrogens is 1. The van der Waals surface area contributed by atoms with Crippen molar-refractivity contribution in [1.82, 2.24) is 4.98 Å². The van der Waals surface area contributed by atoms with E-state index >= 15 is 0 Å². The third-order valence-corrected chi connectivity index (χ3v) is 7.25. The predicted octanol–water partition coefficient (Wildman–Crippen LogP) is 7.36. The van der Waals surface area contributed by atoms with Crippen molar-refractivity contribution >= 4 is 56.0 Å². The van der Waals surface area contributed by atoms with Gasteiger partial charge in [-0.2, -0.15) is 0 Å². The highest BCUT2D eigenvalue weighted by Gasteiger charge is 2.20. The Morgan fingerprint density at radius 3 is 2.61 bits per heavy atom. The summed E-state index contributed by atoms with van der Waals surface area (Å²) in [5.41, 5.74) is 3.21. The third-order valence-electron chi connectivity index (χ3n) is 4.88. The number of anilines is 1. The molecule has 31 heavy (non-hydrogen) atoms. The maximum Gasteiger partial charge on any atom is 0.229 e. The Hall–Kier alpha value is -2.34. The topological polar surface area (TPSA) is 33.2 Å². The number of halogens is 1. The van der Waals surface area contributed by atoms with Crippen molar-refractivity contribution in [1.29, 1.82) is 0 Å². The van der Waals surface area contributed by atoms with Crippen molar-refractivity contribution in [3.05, 3.63) is 88.9 Å². The number of carbonyl (C=O) groups excluding carboxylic acids is 1. The van der Waals surface area contributed by atoms with Crippen molar-refractivity contribution in [2.75, 3.05) is 10.7 Å². The number of benzene rings is 3. The van der Waals surface area contributed by atoms with E-state index in [0.717, 1.165) is 33.1 Å². The molecule has 0 atom stereocenters. The van der Waals surface area contributed by atoms with Crippen LogP contribution in [0.15, 0.2) is 77.7 Å². The van der Waals surface area contributed by atoms with Gasteiger partial charge >= 0.3 is 0 Å². The monoisotopic (exact) mass is 466 g/mol. The van der Waals surface area contributed by atoms with Gasteiger partial charge in [-0.25, -0.2) is 4.98 Å². The number of thiazole rings is 1. The fourth-order valence-corrected chi connectivity index (χ4v) is 5.32. The molecular weight excluding hydrogens is 444 g/mol. The van der Waals surface area contributed by atoms with Gasteiger partial charge in [-0.15, -0.1) is 11.8 Å². The molecule has 0 aliphatic rings. The Labute approximate surface area is 196 Å². The van der Waals surface area contributed by atoms with Gasteiger partial charge < -0.3 is 0 Å². The van der Waals surface area contributed by atoms with Crippen LogP contribution in [-0.4, -0.2) is 16.6 Å². The Kier molecular flexibility index (Phi) is 7.28. The van der Waals surface area contributed by atoms with Crippen molar-refractivity contribution in [2.45, 2.75) is 31.2 Å². The second kappa shape index (κ2) is 10.3. The number of nitrogens with zero attached hydrogens (tertiary/aromatic N) is 2. The highest BCUT2D eigenvalue weighted by molar-refractivity contribution is 7.99. The second-order valence-electron chi connectivity index (χ2n) is 7.34. The van der Waals surface area contributed by atoms with Gasteiger partial charge in [-0.05, 0) is 55.0 Å². The molecule has 4 aromatic rings. The molecule has 0 bridgehead atoms. The SMILES string of the molecule is Cc1ccc(SCCCC(=O)N(Cc2ccccc2)c2nc3ccc(Cl)cc3s2)cc1. The summed E-state index contributed by atoms with van der Waals surface area (Å²) in [7, 11) is 0. The molecule has 0 aliphatic heterocycles. The van der Waals surface area contributed by atoms with Crippen molar-refractivity contribution in [3.8, 4) is 0 Å². The Bertz CT molecular complexity index is 1160. The molecule has 0 fully saturated rings. The van der Waals surface area contributed by atoms with Crippen LogP contribution in [0.2, 0.25) is 5.02 Å². The molecule has 1 heterocycles. The van der Waals surface area contributed by atoms with Crippen molar-refractivity contribution < 1.29 is 4.79 Å². The van der Waals surface area contributed by atoms with Crippen LogP contribution in [0.5, 0.6) is 0 Å². The largest absolute Gasteiger partial charge is 0.284 e. The van der Waals surface area contributed by atoms with Crippen LogP contribution >= 0.6 is 34.7 Å². The molecule has 1 amide bonds. The van der Waals surface area contributed by atoms with Crippen LogP contribution in [0.3, 0.4) is 0 Å². The third kappa shape index (κ3) is 5.88. The molecule has 0 spiro atoms. The molecule has 1 aromatic heterocycles. The van der Waals surface area contributed by atoms with Gasteiger partial charge in [0.1, 0.15) is 0 Å².